The minimum absolute atomic E-state index is 0.0255. The number of hydrogen-bond acceptors (Lipinski definition) is 6. The third-order valence-electron chi connectivity index (χ3n) is 5.89. The molecule has 2 unspecified atom stereocenters. The molecule has 0 N–H and O–H groups in total. The summed E-state index contributed by atoms with van der Waals surface area (Å²) in [4.78, 5) is 17.6. The maximum Gasteiger partial charge on any atom is 0.416 e. The summed E-state index contributed by atoms with van der Waals surface area (Å²) in [5.74, 6) is -0.255. The van der Waals surface area contributed by atoms with Crippen LogP contribution in [-0.4, -0.2) is 42.3 Å². The number of ether oxygens (including phenoxy) is 3. The van der Waals surface area contributed by atoms with Gasteiger partial charge in [-0.3, -0.25) is 4.79 Å². The number of hydrogen-bond donors (Lipinski definition) is 0. The van der Waals surface area contributed by atoms with Crippen molar-refractivity contribution in [2.24, 2.45) is 10.9 Å². The van der Waals surface area contributed by atoms with E-state index in [2.05, 4.69) is 10.1 Å². The highest BCUT2D eigenvalue weighted by atomic mass is 19.4. The minimum atomic E-state index is -4.60. The molecule has 1 aliphatic rings. The molecule has 184 valence electrons. The van der Waals surface area contributed by atoms with Crippen LogP contribution in [0.5, 0.6) is 11.5 Å². The first-order chi connectivity index (χ1) is 16.7. The smallest absolute Gasteiger partial charge is 0.416 e. The summed E-state index contributed by atoms with van der Waals surface area (Å²) in [5, 5.41) is 4.18. The molecule has 10 heteroatoms. The maximum atomic E-state index is 13.8. The van der Waals surface area contributed by atoms with Gasteiger partial charge in [0, 0.05) is 18.2 Å². The zero-order valence-corrected chi connectivity index (χ0v) is 19.4. The Balaban J connectivity index is 1.60. The van der Waals surface area contributed by atoms with Gasteiger partial charge in [-0.1, -0.05) is 24.3 Å². The molecule has 0 saturated heterocycles. The van der Waals surface area contributed by atoms with Crippen LogP contribution in [0.1, 0.15) is 29.7 Å². The third-order valence-corrected chi connectivity index (χ3v) is 5.89. The van der Waals surface area contributed by atoms with Gasteiger partial charge >= 0.3 is 12.1 Å². The van der Waals surface area contributed by atoms with E-state index >= 15 is 0 Å². The Kier molecular flexibility index (Phi) is 6.81. The highest BCUT2D eigenvalue weighted by molar-refractivity contribution is 6.03. The number of aliphatic imine (C=N–C) groups is 1. The molecule has 0 aliphatic carbocycles. The second-order valence-corrected chi connectivity index (χ2v) is 8.00. The molecule has 0 spiro atoms. The van der Waals surface area contributed by atoms with Gasteiger partial charge in [0.1, 0.15) is 5.92 Å². The van der Waals surface area contributed by atoms with Crippen LogP contribution < -0.4 is 9.47 Å². The maximum absolute atomic E-state index is 13.8. The molecule has 0 radical (unpaired) electrons. The fourth-order valence-electron chi connectivity index (χ4n) is 4.25. The van der Waals surface area contributed by atoms with Crippen LogP contribution in [0, 0.1) is 5.92 Å². The number of methoxy groups -OCH3 is 2. The summed E-state index contributed by atoms with van der Waals surface area (Å²) in [7, 11) is 3.06. The lowest BCUT2D eigenvalue weighted by molar-refractivity contribution is -0.148. The van der Waals surface area contributed by atoms with E-state index in [9.17, 15) is 18.0 Å². The number of esters is 1. The molecule has 2 atom stereocenters. The second kappa shape index (κ2) is 9.81. The van der Waals surface area contributed by atoms with Crippen molar-refractivity contribution in [3.63, 3.8) is 0 Å². The predicted molar refractivity (Wildman–Crippen MR) is 122 cm³/mol. The molecule has 7 nitrogen and oxygen atoms in total. The number of aromatic nitrogens is 2. The number of rotatable bonds is 7. The van der Waals surface area contributed by atoms with Gasteiger partial charge < -0.3 is 14.2 Å². The van der Waals surface area contributed by atoms with Crippen LogP contribution >= 0.6 is 0 Å². The molecular weight excluding hydrogens is 463 g/mol. The van der Waals surface area contributed by atoms with Crippen molar-refractivity contribution in [3.05, 3.63) is 71.4 Å². The number of benzene rings is 2. The average molecular weight is 487 g/mol. The normalized spacial score (nSPS) is 17.4. The van der Waals surface area contributed by atoms with Crippen LogP contribution in [0.3, 0.4) is 0 Å². The van der Waals surface area contributed by atoms with Crippen molar-refractivity contribution in [3.8, 4) is 11.5 Å². The zero-order valence-electron chi connectivity index (χ0n) is 19.4. The zero-order chi connectivity index (χ0) is 25.2. The first kappa shape index (κ1) is 24.3. The Hall–Kier alpha value is -3.82. The van der Waals surface area contributed by atoms with Crippen molar-refractivity contribution in [2.45, 2.75) is 25.6 Å². The first-order valence-electron chi connectivity index (χ1n) is 10.9. The number of carbonyl (C=O) groups is 1. The van der Waals surface area contributed by atoms with E-state index in [4.69, 9.17) is 14.2 Å². The van der Waals surface area contributed by atoms with E-state index in [1.165, 1.54) is 43.3 Å². The SMILES string of the molecule is COc1ccc(CCOC(=O)C2C(C)=Nc3ccnn3C2c2ccccc2C(F)(F)F)cc1OC. The molecule has 0 fully saturated rings. The Labute approximate surface area is 200 Å². The summed E-state index contributed by atoms with van der Waals surface area (Å²) >= 11 is 0. The van der Waals surface area contributed by atoms with Crippen molar-refractivity contribution in [1.29, 1.82) is 0 Å². The van der Waals surface area contributed by atoms with Gasteiger partial charge in [0.25, 0.3) is 0 Å². The number of fused-ring (bicyclic) bond motifs is 1. The van der Waals surface area contributed by atoms with Crippen LogP contribution in [-0.2, 0) is 22.1 Å². The van der Waals surface area contributed by atoms with Crippen LogP contribution in [0.4, 0.5) is 19.0 Å². The number of nitrogens with zero attached hydrogens (tertiary/aromatic N) is 3. The van der Waals surface area contributed by atoms with Gasteiger partial charge in [-0.25, -0.2) is 9.67 Å². The summed E-state index contributed by atoms with van der Waals surface area (Å²) in [5.41, 5.74) is 0.305. The summed E-state index contributed by atoms with van der Waals surface area (Å²) in [6.45, 7) is 1.64. The molecule has 2 aromatic carbocycles. The molecule has 4 rings (SSSR count). The highest BCUT2D eigenvalue weighted by Gasteiger charge is 2.43. The van der Waals surface area contributed by atoms with Gasteiger partial charge in [0.2, 0.25) is 0 Å². The van der Waals surface area contributed by atoms with Crippen molar-refractivity contribution >= 4 is 17.5 Å². The van der Waals surface area contributed by atoms with Crippen molar-refractivity contribution in [2.75, 3.05) is 20.8 Å². The molecule has 3 aromatic rings. The molecule has 0 amide bonds. The largest absolute Gasteiger partial charge is 0.493 e. The van der Waals surface area contributed by atoms with Gasteiger partial charge in [-0.2, -0.15) is 18.3 Å². The minimum Gasteiger partial charge on any atom is -0.493 e. The standard InChI is InChI=1S/C25H24F3N3O4/c1-15-22(24(32)35-13-11-16-8-9-19(33-2)20(14-16)34-3)23(31-21(30-15)10-12-29-31)17-6-4-5-7-18(17)25(26,27)28/h4-10,12,14,22-23H,11,13H2,1-3H3. The fourth-order valence-corrected chi connectivity index (χ4v) is 4.25. The number of carbonyl (C=O) groups excluding carboxylic acids is 1. The Bertz CT molecular complexity index is 1250. The van der Waals surface area contributed by atoms with E-state index in [1.54, 1.807) is 25.1 Å². The highest BCUT2D eigenvalue weighted by Crippen LogP contribution is 2.42. The van der Waals surface area contributed by atoms with E-state index in [0.29, 0.717) is 29.4 Å². The molecule has 0 bridgehead atoms. The predicted octanol–water partition coefficient (Wildman–Crippen LogP) is 5.02. The molecule has 35 heavy (non-hydrogen) atoms. The van der Waals surface area contributed by atoms with Crippen molar-refractivity contribution in [1.82, 2.24) is 9.78 Å². The summed E-state index contributed by atoms with van der Waals surface area (Å²) in [6.07, 6.45) is -2.78. The van der Waals surface area contributed by atoms with Gasteiger partial charge in [0.05, 0.1) is 38.6 Å². The third kappa shape index (κ3) is 4.87. The van der Waals surface area contributed by atoms with Crippen LogP contribution in [0.25, 0.3) is 0 Å². The number of alkyl halides is 3. The molecule has 2 heterocycles. The molecular formula is C25H24F3N3O4. The molecule has 0 saturated carbocycles. The monoisotopic (exact) mass is 487 g/mol. The molecule has 1 aromatic heterocycles. The topological polar surface area (TPSA) is 74.9 Å². The lowest BCUT2D eigenvalue weighted by Crippen LogP contribution is -2.38. The number of halogens is 3. The van der Waals surface area contributed by atoms with Gasteiger partial charge in [-0.05, 0) is 36.2 Å². The lowest BCUT2D eigenvalue weighted by atomic mass is 9.86. The summed E-state index contributed by atoms with van der Waals surface area (Å²) < 4.78 is 58.9. The van der Waals surface area contributed by atoms with E-state index in [1.807, 2.05) is 6.07 Å². The average Bonchev–Trinajstić information content (AvgIpc) is 3.30. The molecule has 1 aliphatic heterocycles. The Morgan fingerprint density at radius 1 is 1.06 bits per heavy atom. The van der Waals surface area contributed by atoms with Gasteiger partial charge in [0.15, 0.2) is 17.3 Å². The Morgan fingerprint density at radius 3 is 2.51 bits per heavy atom. The first-order valence-corrected chi connectivity index (χ1v) is 10.9. The van der Waals surface area contributed by atoms with Gasteiger partial charge in [-0.15, -0.1) is 0 Å². The Morgan fingerprint density at radius 2 is 1.80 bits per heavy atom. The second-order valence-electron chi connectivity index (χ2n) is 8.00. The van der Waals surface area contributed by atoms with E-state index < -0.39 is 29.7 Å². The quantitative estimate of drug-likeness (QED) is 0.438. The van der Waals surface area contributed by atoms with Crippen LogP contribution in [0.2, 0.25) is 0 Å². The lowest BCUT2D eigenvalue weighted by Gasteiger charge is -2.32. The van der Waals surface area contributed by atoms with Crippen LogP contribution in [0.15, 0.2) is 59.7 Å². The van der Waals surface area contributed by atoms with E-state index in [0.717, 1.165) is 11.6 Å². The fraction of sp³-hybridized carbons (Fsp3) is 0.320. The summed E-state index contributed by atoms with van der Waals surface area (Å²) in [6, 6.07) is 11.1. The van der Waals surface area contributed by atoms with E-state index in [-0.39, 0.29) is 12.2 Å². The van der Waals surface area contributed by atoms with Crippen molar-refractivity contribution < 1.29 is 32.2 Å².